The summed E-state index contributed by atoms with van der Waals surface area (Å²) in [5.41, 5.74) is 5.12. The maximum absolute atomic E-state index is 6.25. The lowest BCUT2D eigenvalue weighted by molar-refractivity contribution is 0.415. The van der Waals surface area contributed by atoms with Crippen molar-refractivity contribution in [1.29, 1.82) is 0 Å². The van der Waals surface area contributed by atoms with E-state index in [0.717, 1.165) is 45.0 Å². The second-order valence-electron chi connectivity index (χ2n) is 8.56. The van der Waals surface area contributed by atoms with E-state index in [2.05, 4.69) is 16.0 Å². The van der Waals surface area contributed by atoms with Crippen molar-refractivity contribution < 1.29 is 4.74 Å². The molecule has 3 heterocycles. The molecule has 0 amide bonds. The lowest BCUT2D eigenvalue weighted by Gasteiger charge is -2.24. The number of hydrogen-bond acceptors (Lipinski definition) is 6. The van der Waals surface area contributed by atoms with Gasteiger partial charge >= 0.3 is 0 Å². The number of anilines is 3. The molecule has 0 fully saturated rings. The number of hydrogen-bond donors (Lipinski definition) is 1. The van der Waals surface area contributed by atoms with Crippen LogP contribution in [0.25, 0.3) is 22.2 Å². The lowest BCUT2D eigenvalue weighted by atomic mass is 10.2. The summed E-state index contributed by atoms with van der Waals surface area (Å²) in [4.78, 5) is 7.07. The Labute approximate surface area is 217 Å². The van der Waals surface area contributed by atoms with Crippen molar-refractivity contribution in [2.75, 3.05) is 17.3 Å². The van der Waals surface area contributed by atoms with Crippen LogP contribution >= 0.6 is 11.6 Å². The number of ether oxygens (including phenoxy) is 1. The van der Waals surface area contributed by atoms with Crippen molar-refractivity contribution in [2.24, 2.45) is 4.99 Å². The predicted octanol–water partition coefficient (Wildman–Crippen LogP) is 6.59. The number of nitrogens with one attached hydrogen (secondary N) is 1. The third kappa shape index (κ3) is 3.49. The summed E-state index contributed by atoms with van der Waals surface area (Å²) in [7, 11) is 1.65. The maximum atomic E-state index is 6.25. The molecule has 0 spiro atoms. The van der Waals surface area contributed by atoms with Crippen LogP contribution in [0.2, 0.25) is 5.02 Å². The zero-order valence-corrected chi connectivity index (χ0v) is 20.5. The third-order valence-electron chi connectivity index (χ3n) is 6.32. The van der Waals surface area contributed by atoms with Gasteiger partial charge in [-0.3, -0.25) is 4.57 Å². The highest BCUT2D eigenvalue weighted by Gasteiger charge is 2.30. The van der Waals surface area contributed by atoms with E-state index in [1.807, 2.05) is 95.9 Å². The number of halogens is 1. The molecule has 2 aromatic heterocycles. The van der Waals surface area contributed by atoms with Gasteiger partial charge in [0.2, 0.25) is 11.9 Å². The van der Waals surface area contributed by atoms with Crippen molar-refractivity contribution >= 4 is 57.1 Å². The number of aliphatic imine (C=N–C) groups is 1. The summed E-state index contributed by atoms with van der Waals surface area (Å²) in [5, 5.41) is 14.9. The van der Waals surface area contributed by atoms with E-state index in [1.165, 1.54) is 0 Å². The van der Waals surface area contributed by atoms with Crippen LogP contribution in [0, 0.1) is 0 Å². The fourth-order valence-corrected chi connectivity index (χ4v) is 4.73. The van der Waals surface area contributed by atoms with Crippen molar-refractivity contribution in [3.63, 3.8) is 0 Å². The fourth-order valence-electron chi connectivity index (χ4n) is 4.60. The molecule has 1 aliphatic rings. The normalized spacial score (nSPS) is 12.7. The van der Waals surface area contributed by atoms with E-state index < -0.39 is 0 Å². The van der Waals surface area contributed by atoms with Gasteiger partial charge in [-0.25, -0.2) is 9.89 Å². The monoisotopic (exact) mass is 505 g/mol. The molecule has 0 bridgehead atoms. The number of methoxy groups -OCH3 is 1. The summed E-state index contributed by atoms with van der Waals surface area (Å²) in [6, 6.07) is 31.4. The molecule has 0 saturated heterocycles. The smallest absolute Gasteiger partial charge is 0.243 e. The van der Waals surface area contributed by atoms with Gasteiger partial charge in [0.25, 0.3) is 0 Å². The minimum absolute atomic E-state index is 0.580. The number of nitrogens with zero attached hydrogens (tertiary/aromatic N) is 6. The van der Waals surface area contributed by atoms with Gasteiger partial charge in [0.15, 0.2) is 5.65 Å². The van der Waals surface area contributed by atoms with Gasteiger partial charge in [0.1, 0.15) is 5.75 Å². The standard InChI is InChI=1S/C28H20ClN7O/c1-37-21-16-12-19(13-17-21)30-27-31-24-8-4-5-9-25(24)35-26-22-6-2-3-7-23(22)32-36(26)33-28(35)34(27)20-14-10-18(29)11-15-20/h2-17H,1H3,(H,30,31). The second-order valence-corrected chi connectivity index (χ2v) is 8.99. The number of rotatable bonds is 3. The average molecular weight is 506 g/mol. The number of fused-ring (bicyclic) bond motifs is 7. The third-order valence-corrected chi connectivity index (χ3v) is 6.58. The summed E-state index contributed by atoms with van der Waals surface area (Å²) >= 11 is 6.25. The molecule has 9 heteroatoms. The van der Waals surface area contributed by atoms with Crippen molar-refractivity contribution in [3.8, 4) is 11.4 Å². The van der Waals surface area contributed by atoms with E-state index in [9.17, 15) is 0 Å². The minimum atomic E-state index is 0.580. The van der Waals surface area contributed by atoms with Crippen LogP contribution in [0.5, 0.6) is 5.75 Å². The molecule has 6 aromatic rings. The van der Waals surface area contributed by atoms with Crippen LogP contribution in [0.15, 0.2) is 102 Å². The summed E-state index contributed by atoms with van der Waals surface area (Å²) in [6.07, 6.45) is 0. The van der Waals surface area contributed by atoms with Crippen molar-refractivity contribution in [2.45, 2.75) is 0 Å². The maximum Gasteiger partial charge on any atom is 0.243 e. The van der Waals surface area contributed by atoms with Crippen LogP contribution in [-0.4, -0.2) is 32.5 Å². The van der Waals surface area contributed by atoms with Crippen LogP contribution < -0.4 is 15.0 Å². The van der Waals surface area contributed by atoms with Crippen LogP contribution in [0.1, 0.15) is 0 Å². The zero-order chi connectivity index (χ0) is 24.9. The lowest BCUT2D eigenvalue weighted by Crippen LogP contribution is -2.33. The first-order chi connectivity index (χ1) is 18.2. The topological polar surface area (TPSA) is 72.0 Å². The predicted molar refractivity (Wildman–Crippen MR) is 147 cm³/mol. The van der Waals surface area contributed by atoms with Crippen LogP contribution in [0.4, 0.5) is 23.0 Å². The molecule has 1 aliphatic heterocycles. The molecule has 180 valence electrons. The van der Waals surface area contributed by atoms with Crippen LogP contribution in [-0.2, 0) is 0 Å². The number of guanidine groups is 1. The Hall–Kier alpha value is -4.82. The fraction of sp³-hybridized carbons (Fsp3) is 0.0357. The molecule has 7 rings (SSSR count). The van der Waals surface area contributed by atoms with Gasteiger partial charge < -0.3 is 10.1 Å². The van der Waals surface area contributed by atoms with Gasteiger partial charge in [-0.15, -0.1) is 14.8 Å². The molecular formula is C28H20ClN7O. The quantitative estimate of drug-likeness (QED) is 0.294. The molecule has 8 nitrogen and oxygen atoms in total. The van der Waals surface area contributed by atoms with Crippen LogP contribution in [0.3, 0.4) is 0 Å². The summed E-state index contributed by atoms with van der Waals surface area (Å²) in [6.45, 7) is 0. The SMILES string of the molecule is COc1ccc(NC2=Nc3ccccc3-n3c(nn4nc5ccccc5c34)N2c2ccc(Cl)cc2)cc1. The van der Waals surface area contributed by atoms with E-state index in [-0.39, 0.29) is 0 Å². The van der Waals surface area contributed by atoms with Gasteiger partial charge in [-0.1, -0.05) is 35.9 Å². The van der Waals surface area contributed by atoms with E-state index in [0.29, 0.717) is 16.9 Å². The highest BCUT2D eigenvalue weighted by molar-refractivity contribution is 6.30. The highest BCUT2D eigenvalue weighted by atomic mass is 35.5. The Bertz CT molecular complexity index is 1800. The molecule has 0 aliphatic carbocycles. The Morgan fingerprint density at radius 1 is 0.811 bits per heavy atom. The highest BCUT2D eigenvalue weighted by Crippen LogP contribution is 2.39. The van der Waals surface area contributed by atoms with E-state index in [1.54, 1.807) is 11.7 Å². The number of aromatic nitrogens is 4. The Balaban J connectivity index is 1.51. The van der Waals surface area contributed by atoms with E-state index >= 15 is 0 Å². The first kappa shape index (κ1) is 21.5. The molecule has 37 heavy (non-hydrogen) atoms. The van der Waals surface area contributed by atoms with Crippen molar-refractivity contribution in [1.82, 2.24) is 19.4 Å². The van der Waals surface area contributed by atoms with Gasteiger partial charge in [-0.05, 0) is 72.8 Å². The first-order valence-electron chi connectivity index (χ1n) is 11.7. The minimum Gasteiger partial charge on any atom is -0.497 e. The molecule has 4 aromatic carbocycles. The number of para-hydroxylation sites is 2. The zero-order valence-electron chi connectivity index (χ0n) is 19.7. The molecule has 0 unspecified atom stereocenters. The largest absolute Gasteiger partial charge is 0.497 e. The second kappa shape index (κ2) is 8.39. The molecule has 0 atom stereocenters. The van der Waals surface area contributed by atoms with Crippen molar-refractivity contribution in [3.05, 3.63) is 102 Å². The van der Waals surface area contributed by atoms with E-state index in [4.69, 9.17) is 31.5 Å². The molecular weight excluding hydrogens is 486 g/mol. The summed E-state index contributed by atoms with van der Waals surface area (Å²) in [5.74, 6) is 1.99. The van der Waals surface area contributed by atoms with Gasteiger partial charge in [-0.2, -0.15) is 0 Å². The molecule has 1 N–H and O–H groups in total. The van der Waals surface area contributed by atoms with Gasteiger partial charge in [0.05, 0.1) is 29.7 Å². The Kier molecular flexibility index (Phi) is 4.87. The number of benzene rings is 4. The first-order valence-corrected chi connectivity index (χ1v) is 12.1. The molecule has 0 saturated carbocycles. The Morgan fingerprint density at radius 2 is 1.57 bits per heavy atom. The van der Waals surface area contributed by atoms with Gasteiger partial charge in [0, 0.05) is 16.1 Å². The Morgan fingerprint density at radius 3 is 2.38 bits per heavy atom. The average Bonchev–Trinajstić information content (AvgIpc) is 3.43. The molecule has 0 radical (unpaired) electrons. The summed E-state index contributed by atoms with van der Waals surface area (Å²) < 4.78 is 9.12.